The Labute approximate surface area is 126 Å². The van der Waals surface area contributed by atoms with Crippen LogP contribution in [0, 0.1) is 11.6 Å². The molecule has 1 atom stereocenters. The van der Waals surface area contributed by atoms with Crippen molar-refractivity contribution in [2.75, 3.05) is 6.54 Å². The molecule has 0 saturated heterocycles. The average molecular weight is 340 g/mol. The first-order valence-corrected chi connectivity index (χ1v) is 7.32. The monoisotopic (exact) mass is 339 g/mol. The lowest BCUT2D eigenvalue weighted by Gasteiger charge is -2.19. The fourth-order valence-corrected chi connectivity index (χ4v) is 2.70. The third kappa shape index (κ3) is 3.87. The van der Waals surface area contributed by atoms with Crippen LogP contribution in [0.3, 0.4) is 0 Å². The highest BCUT2D eigenvalue weighted by Crippen LogP contribution is 2.24. The van der Waals surface area contributed by atoms with Crippen molar-refractivity contribution in [2.45, 2.75) is 19.4 Å². The third-order valence-corrected chi connectivity index (χ3v) is 3.58. The molecule has 0 spiro atoms. The minimum atomic E-state index is -0.300. The second-order valence-electron chi connectivity index (χ2n) is 4.61. The van der Waals surface area contributed by atoms with Crippen molar-refractivity contribution < 1.29 is 8.78 Å². The maximum absolute atomic E-state index is 13.8. The van der Waals surface area contributed by atoms with Crippen LogP contribution in [-0.2, 0) is 6.42 Å². The van der Waals surface area contributed by atoms with Crippen LogP contribution in [0.2, 0.25) is 0 Å². The Bertz CT molecular complexity index is 566. The number of benzene rings is 2. The zero-order chi connectivity index (χ0) is 14.5. The van der Waals surface area contributed by atoms with Gasteiger partial charge in [0.1, 0.15) is 11.6 Å². The van der Waals surface area contributed by atoms with Gasteiger partial charge < -0.3 is 5.32 Å². The molecule has 2 rings (SSSR count). The van der Waals surface area contributed by atoms with Crippen LogP contribution in [0.25, 0.3) is 0 Å². The van der Waals surface area contributed by atoms with E-state index < -0.39 is 0 Å². The fourth-order valence-electron chi connectivity index (χ4n) is 2.21. The van der Waals surface area contributed by atoms with Gasteiger partial charge in [0.05, 0.1) is 0 Å². The van der Waals surface area contributed by atoms with Crippen molar-refractivity contribution in [3.63, 3.8) is 0 Å². The van der Waals surface area contributed by atoms with Crippen LogP contribution < -0.4 is 5.32 Å². The summed E-state index contributed by atoms with van der Waals surface area (Å²) in [4.78, 5) is 0. The summed E-state index contributed by atoms with van der Waals surface area (Å²) < 4.78 is 28.0. The Balaban J connectivity index is 2.29. The summed E-state index contributed by atoms with van der Waals surface area (Å²) >= 11 is 3.29. The van der Waals surface area contributed by atoms with E-state index in [2.05, 4.69) is 21.2 Å². The molecule has 0 aliphatic carbocycles. The first-order valence-electron chi connectivity index (χ1n) is 6.53. The first-order chi connectivity index (χ1) is 9.60. The van der Waals surface area contributed by atoms with Gasteiger partial charge in [-0.05, 0) is 48.4 Å². The van der Waals surface area contributed by atoms with Crippen LogP contribution in [-0.4, -0.2) is 6.54 Å². The molecule has 0 heterocycles. The predicted molar refractivity (Wildman–Crippen MR) is 80.6 cm³/mol. The maximum atomic E-state index is 13.8. The Hall–Kier alpha value is -1.26. The first kappa shape index (κ1) is 15.1. The number of rotatable bonds is 5. The smallest absolute Gasteiger partial charge is 0.126 e. The van der Waals surface area contributed by atoms with E-state index in [0.717, 1.165) is 12.1 Å². The Morgan fingerprint density at radius 1 is 1.15 bits per heavy atom. The van der Waals surface area contributed by atoms with E-state index in [1.807, 2.05) is 19.1 Å². The molecule has 0 aliphatic heterocycles. The molecular weight excluding hydrogens is 324 g/mol. The van der Waals surface area contributed by atoms with Crippen LogP contribution >= 0.6 is 15.9 Å². The lowest BCUT2D eigenvalue weighted by molar-refractivity contribution is 0.523. The molecule has 0 amide bonds. The highest BCUT2D eigenvalue weighted by atomic mass is 79.9. The number of halogens is 3. The molecule has 2 aromatic carbocycles. The van der Waals surface area contributed by atoms with Gasteiger partial charge in [-0.3, -0.25) is 0 Å². The molecule has 0 fully saturated rings. The number of hydrogen-bond acceptors (Lipinski definition) is 1. The standard InChI is InChI=1S/C16H16BrF2N/c1-2-20-16(9-11-5-3-4-6-15(11)19)12-7-13(17)10-14(18)8-12/h3-8,10,16,20H,2,9H2,1H3. The molecule has 1 nitrogen and oxygen atoms in total. The third-order valence-electron chi connectivity index (χ3n) is 3.12. The van der Waals surface area contributed by atoms with E-state index in [0.29, 0.717) is 16.5 Å². The summed E-state index contributed by atoms with van der Waals surface area (Å²) in [5.41, 5.74) is 1.43. The van der Waals surface area contributed by atoms with Gasteiger partial charge >= 0.3 is 0 Å². The van der Waals surface area contributed by atoms with E-state index >= 15 is 0 Å². The minimum absolute atomic E-state index is 0.121. The summed E-state index contributed by atoms with van der Waals surface area (Å²) in [5.74, 6) is -0.531. The van der Waals surface area contributed by atoms with Gasteiger partial charge in [-0.15, -0.1) is 0 Å². The number of likely N-dealkylation sites (N-methyl/N-ethyl adjacent to an activating group) is 1. The fraction of sp³-hybridized carbons (Fsp3) is 0.250. The Kier molecular flexibility index (Phi) is 5.26. The normalized spacial score (nSPS) is 12.4. The quantitative estimate of drug-likeness (QED) is 0.837. The molecule has 1 N–H and O–H groups in total. The van der Waals surface area contributed by atoms with Crippen molar-refractivity contribution in [3.8, 4) is 0 Å². The molecule has 106 valence electrons. The van der Waals surface area contributed by atoms with Crippen LogP contribution in [0.15, 0.2) is 46.9 Å². The molecule has 2 aromatic rings. The van der Waals surface area contributed by atoms with Crippen molar-refractivity contribution in [2.24, 2.45) is 0 Å². The summed E-state index contributed by atoms with van der Waals surface area (Å²) in [7, 11) is 0. The van der Waals surface area contributed by atoms with Crippen LogP contribution in [0.5, 0.6) is 0 Å². The predicted octanol–water partition coefficient (Wildman–Crippen LogP) is 4.62. The Morgan fingerprint density at radius 2 is 1.90 bits per heavy atom. The molecular formula is C16H16BrF2N. The van der Waals surface area contributed by atoms with Crippen LogP contribution in [0.1, 0.15) is 24.1 Å². The minimum Gasteiger partial charge on any atom is -0.310 e. The molecule has 0 aromatic heterocycles. The van der Waals surface area contributed by atoms with Crippen molar-refractivity contribution in [1.29, 1.82) is 0 Å². The van der Waals surface area contributed by atoms with Crippen molar-refractivity contribution in [3.05, 3.63) is 69.7 Å². The molecule has 0 bridgehead atoms. The molecule has 0 aliphatic rings. The van der Waals surface area contributed by atoms with E-state index in [1.54, 1.807) is 12.1 Å². The molecule has 1 unspecified atom stereocenters. The van der Waals surface area contributed by atoms with Gasteiger partial charge in [-0.1, -0.05) is 41.1 Å². The average Bonchev–Trinajstić information content (AvgIpc) is 2.39. The second kappa shape index (κ2) is 6.95. The summed E-state index contributed by atoms with van der Waals surface area (Å²) in [5, 5.41) is 3.27. The highest BCUT2D eigenvalue weighted by Gasteiger charge is 2.15. The van der Waals surface area contributed by atoms with Crippen molar-refractivity contribution in [1.82, 2.24) is 5.32 Å². The zero-order valence-electron chi connectivity index (χ0n) is 11.2. The maximum Gasteiger partial charge on any atom is 0.126 e. The zero-order valence-corrected chi connectivity index (χ0v) is 12.8. The van der Waals surface area contributed by atoms with Gasteiger partial charge in [0, 0.05) is 10.5 Å². The van der Waals surface area contributed by atoms with E-state index in [4.69, 9.17) is 0 Å². The van der Waals surface area contributed by atoms with Gasteiger partial charge in [-0.25, -0.2) is 8.78 Å². The van der Waals surface area contributed by atoms with Gasteiger partial charge in [0.25, 0.3) is 0 Å². The van der Waals surface area contributed by atoms with E-state index in [1.165, 1.54) is 18.2 Å². The number of nitrogens with one attached hydrogen (secondary N) is 1. The van der Waals surface area contributed by atoms with Gasteiger partial charge in [0.2, 0.25) is 0 Å². The van der Waals surface area contributed by atoms with Crippen molar-refractivity contribution >= 4 is 15.9 Å². The topological polar surface area (TPSA) is 12.0 Å². The lowest BCUT2D eigenvalue weighted by Crippen LogP contribution is -2.23. The summed E-state index contributed by atoms with van der Waals surface area (Å²) in [6.45, 7) is 2.70. The summed E-state index contributed by atoms with van der Waals surface area (Å²) in [6.07, 6.45) is 0.483. The number of hydrogen-bond donors (Lipinski definition) is 1. The summed E-state index contributed by atoms with van der Waals surface area (Å²) in [6, 6.07) is 11.3. The molecule has 0 saturated carbocycles. The van der Waals surface area contributed by atoms with Crippen LogP contribution in [0.4, 0.5) is 8.78 Å². The second-order valence-corrected chi connectivity index (χ2v) is 5.52. The Morgan fingerprint density at radius 3 is 2.55 bits per heavy atom. The van der Waals surface area contributed by atoms with E-state index in [9.17, 15) is 8.78 Å². The highest BCUT2D eigenvalue weighted by molar-refractivity contribution is 9.10. The van der Waals surface area contributed by atoms with E-state index in [-0.39, 0.29) is 17.7 Å². The van der Waals surface area contributed by atoms with Gasteiger partial charge in [0.15, 0.2) is 0 Å². The molecule has 0 radical (unpaired) electrons. The lowest BCUT2D eigenvalue weighted by atomic mass is 9.98. The molecule has 20 heavy (non-hydrogen) atoms. The molecule has 4 heteroatoms. The SMILES string of the molecule is CCNC(Cc1ccccc1F)c1cc(F)cc(Br)c1. The largest absolute Gasteiger partial charge is 0.310 e. The van der Waals surface area contributed by atoms with Gasteiger partial charge in [-0.2, -0.15) is 0 Å².